The van der Waals surface area contributed by atoms with E-state index >= 15 is 0 Å². The van der Waals surface area contributed by atoms with Crippen molar-refractivity contribution in [2.45, 2.75) is 0 Å². The summed E-state index contributed by atoms with van der Waals surface area (Å²) in [6.07, 6.45) is 0. The first kappa shape index (κ1) is 11.4. The van der Waals surface area contributed by atoms with Crippen LogP contribution < -0.4 is 4.18 Å². The van der Waals surface area contributed by atoms with Gasteiger partial charge in [0.05, 0.1) is 13.2 Å². The first-order valence-electron chi connectivity index (χ1n) is 5.01. The second-order valence-electron chi connectivity index (χ2n) is 3.37. The maximum absolute atomic E-state index is 11.8. The Hall–Kier alpha value is -1.11. The number of rotatable bonds is 3. The van der Waals surface area contributed by atoms with E-state index in [-0.39, 0.29) is 0 Å². The quantitative estimate of drug-likeness (QED) is 0.782. The van der Waals surface area contributed by atoms with Crippen LogP contribution in [-0.4, -0.2) is 39.0 Å². The predicted molar refractivity (Wildman–Crippen MR) is 58.4 cm³/mol. The van der Waals surface area contributed by atoms with Gasteiger partial charge in [-0.3, -0.25) is 0 Å². The van der Waals surface area contributed by atoms with Crippen LogP contribution >= 0.6 is 0 Å². The van der Waals surface area contributed by atoms with Crippen molar-refractivity contribution in [1.29, 1.82) is 0 Å². The van der Waals surface area contributed by atoms with Crippen LogP contribution in [0.25, 0.3) is 0 Å². The summed E-state index contributed by atoms with van der Waals surface area (Å²) in [4.78, 5) is 0. The Kier molecular flexibility index (Phi) is 3.42. The molecule has 88 valence electrons. The Balaban J connectivity index is 2.08. The molecule has 16 heavy (non-hydrogen) atoms. The van der Waals surface area contributed by atoms with Crippen molar-refractivity contribution in [3.63, 3.8) is 0 Å². The van der Waals surface area contributed by atoms with Crippen molar-refractivity contribution < 1.29 is 17.3 Å². The first-order chi connectivity index (χ1) is 7.68. The molecule has 1 fully saturated rings. The number of benzene rings is 1. The highest BCUT2D eigenvalue weighted by molar-refractivity contribution is 7.84. The highest BCUT2D eigenvalue weighted by Gasteiger charge is 2.26. The lowest BCUT2D eigenvalue weighted by atomic mass is 10.3. The van der Waals surface area contributed by atoms with Crippen LogP contribution in [0.5, 0.6) is 5.75 Å². The third-order valence-corrected chi connectivity index (χ3v) is 3.63. The Labute approximate surface area is 94.8 Å². The third kappa shape index (κ3) is 2.72. The second kappa shape index (κ2) is 4.82. The Morgan fingerprint density at radius 3 is 2.38 bits per heavy atom. The van der Waals surface area contributed by atoms with Gasteiger partial charge in [0.2, 0.25) is 0 Å². The predicted octanol–water partition coefficient (Wildman–Crippen LogP) is 0.642. The zero-order valence-electron chi connectivity index (χ0n) is 8.70. The van der Waals surface area contributed by atoms with E-state index in [4.69, 9.17) is 8.92 Å². The van der Waals surface area contributed by atoms with Crippen LogP contribution in [0, 0.1) is 0 Å². The molecule has 5 nitrogen and oxygen atoms in total. The number of para-hydroxylation sites is 1. The van der Waals surface area contributed by atoms with Crippen molar-refractivity contribution in [1.82, 2.24) is 4.31 Å². The Morgan fingerprint density at radius 1 is 1.12 bits per heavy atom. The van der Waals surface area contributed by atoms with Crippen LogP contribution in [0.3, 0.4) is 0 Å². The minimum atomic E-state index is -3.68. The summed E-state index contributed by atoms with van der Waals surface area (Å²) >= 11 is 0. The lowest BCUT2D eigenvalue weighted by Crippen LogP contribution is -2.42. The standard InChI is InChI=1S/C10H13NO4S/c12-16(13,11-6-8-14-9-7-11)15-10-4-2-1-3-5-10/h1-5H,6-9H2. The van der Waals surface area contributed by atoms with Gasteiger partial charge in [0.1, 0.15) is 5.75 Å². The molecule has 2 rings (SSSR count). The van der Waals surface area contributed by atoms with Gasteiger partial charge in [0.25, 0.3) is 0 Å². The van der Waals surface area contributed by atoms with Crippen molar-refractivity contribution in [3.05, 3.63) is 30.3 Å². The largest absolute Gasteiger partial charge is 0.385 e. The topological polar surface area (TPSA) is 55.8 Å². The molecular formula is C10H13NO4S. The molecule has 0 aromatic heterocycles. The molecule has 0 radical (unpaired) electrons. The molecule has 0 saturated carbocycles. The van der Waals surface area contributed by atoms with E-state index in [0.29, 0.717) is 32.1 Å². The van der Waals surface area contributed by atoms with Crippen molar-refractivity contribution in [3.8, 4) is 5.75 Å². The van der Waals surface area contributed by atoms with E-state index in [9.17, 15) is 8.42 Å². The molecule has 6 heteroatoms. The molecule has 0 aliphatic carbocycles. The monoisotopic (exact) mass is 243 g/mol. The number of hydrogen-bond acceptors (Lipinski definition) is 4. The van der Waals surface area contributed by atoms with Gasteiger partial charge in [-0.1, -0.05) is 18.2 Å². The fraction of sp³-hybridized carbons (Fsp3) is 0.400. The van der Waals surface area contributed by atoms with Gasteiger partial charge in [-0.15, -0.1) is 0 Å². The van der Waals surface area contributed by atoms with Crippen LogP contribution in [0.2, 0.25) is 0 Å². The van der Waals surface area contributed by atoms with Gasteiger partial charge in [-0.2, -0.15) is 12.7 Å². The van der Waals surface area contributed by atoms with E-state index in [2.05, 4.69) is 0 Å². The normalized spacial score (nSPS) is 18.2. The fourth-order valence-electron chi connectivity index (χ4n) is 1.42. The lowest BCUT2D eigenvalue weighted by molar-refractivity contribution is 0.0698. The van der Waals surface area contributed by atoms with Gasteiger partial charge in [-0.25, -0.2) is 0 Å². The Bertz CT molecular complexity index is 425. The van der Waals surface area contributed by atoms with E-state index < -0.39 is 10.3 Å². The maximum atomic E-state index is 11.8. The minimum Gasteiger partial charge on any atom is -0.379 e. The van der Waals surface area contributed by atoms with Crippen molar-refractivity contribution >= 4 is 10.3 Å². The van der Waals surface area contributed by atoms with Gasteiger partial charge < -0.3 is 8.92 Å². The minimum absolute atomic E-state index is 0.328. The summed E-state index contributed by atoms with van der Waals surface area (Å²) in [7, 11) is -3.68. The molecule has 0 amide bonds. The van der Waals surface area contributed by atoms with Gasteiger partial charge in [0.15, 0.2) is 0 Å². The summed E-state index contributed by atoms with van der Waals surface area (Å²) < 4.78 is 35.0. The first-order valence-corrected chi connectivity index (χ1v) is 6.37. The summed E-state index contributed by atoms with van der Waals surface area (Å²) in [5, 5.41) is 0. The average Bonchev–Trinajstić information content (AvgIpc) is 2.31. The zero-order chi connectivity index (χ0) is 11.4. The molecule has 1 aromatic carbocycles. The second-order valence-corrected chi connectivity index (χ2v) is 4.90. The molecule has 0 unspecified atom stereocenters. The number of ether oxygens (including phenoxy) is 1. The molecule has 1 saturated heterocycles. The van der Waals surface area contributed by atoms with E-state index in [1.807, 2.05) is 0 Å². The molecule has 1 aromatic rings. The highest BCUT2D eigenvalue weighted by Crippen LogP contribution is 2.14. The molecule has 0 N–H and O–H groups in total. The average molecular weight is 243 g/mol. The smallest absolute Gasteiger partial charge is 0.379 e. The Morgan fingerprint density at radius 2 is 1.75 bits per heavy atom. The highest BCUT2D eigenvalue weighted by atomic mass is 32.2. The zero-order valence-corrected chi connectivity index (χ0v) is 9.52. The summed E-state index contributed by atoms with van der Waals surface area (Å²) in [5.74, 6) is 0.328. The van der Waals surface area contributed by atoms with Crippen LogP contribution in [0.15, 0.2) is 30.3 Å². The van der Waals surface area contributed by atoms with Crippen LogP contribution in [-0.2, 0) is 15.0 Å². The third-order valence-electron chi connectivity index (χ3n) is 2.23. The van der Waals surface area contributed by atoms with E-state index in [1.54, 1.807) is 30.3 Å². The molecule has 1 heterocycles. The summed E-state index contributed by atoms with van der Waals surface area (Å²) in [6, 6.07) is 8.47. The molecule has 1 aliphatic rings. The summed E-state index contributed by atoms with van der Waals surface area (Å²) in [5.41, 5.74) is 0. The lowest BCUT2D eigenvalue weighted by Gasteiger charge is -2.25. The van der Waals surface area contributed by atoms with Gasteiger partial charge >= 0.3 is 10.3 Å². The maximum Gasteiger partial charge on any atom is 0.385 e. The number of morpholine rings is 1. The van der Waals surface area contributed by atoms with Gasteiger partial charge in [0, 0.05) is 13.1 Å². The van der Waals surface area contributed by atoms with Crippen molar-refractivity contribution in [2.24, 2.45) is 0 Å². The number of nitrogens with zero attached hydrogens (tertiary/aromatic N) is 1. The van der Waals surface area contributed by atoms with E-state index in [1.165, 1.54) is 4.31 Å². The van der Waals surface area contributed by atoms with Crippen LogP contribution in [0.4, 0.5) is 0 Å². The molecule has 0 spiro atoms. The van der Waals surface area contributed by atoms with E-state index in [0.717, 1.165) is 0 Å². The number of hydrogen-bond donors (Lipinski definition) is 0. The molecule has 0 bridgehead atoms. The molecule has 1 aliphatic heterocycles. The molecular weight excluding hydrogens is 230 g/mol. The summed E-state index contributed by atoms with van der Waals surface area (Å²) in [6.45, 7) is 1.51. The van der Waals surface area contributed by atoms with Crippen LogP contribution in [0.1, 0.15) is 0 Å². The SMILES string of the molecule is O=S(=O)(Oc1ccccc1)N1CCOCC1. The van der Waals surface area contributed by atoms with Crippen molar-refractivity contribution in [2.75, 3.05) is 26.3 Å². The molecule has 0 atom stereocenters. The fourth-order valence-corrected chi connectivity index (χ4v) is 2.48. The van der Waals surface area contributed by atoms with Gasteiger partial charge in [-0.05, 0) is 12.1 Å².